The van der Waals surface area contributed by atoms with E-state index < -0.39 is 0 Å². The fraction of sp³-hybridized carbons (Fsp3) is 0.417. The van der Waals surface area contributed by atoms with Crippen LogP contribution in [-0.4, -0.2) is 58.1 Å². The molecule has 2 aliphatic rings. The molecule has 32 heavy (non-hydrogen) atoms. The molecule has 1 aliphatic carbocycles. The molecule has 1 unspecified atom stereocenters. The van der Waals surface area contributed by atoms with Crippen LogP contribution in [0.4, 0.5) is 5.82 Å². The van der Waals surface area contributed by atoms with Crippen molar-refractivity contribution >= 4 is 5.82 Å². The minimum atomic E-state index is 0.130. The van der Waals surface area contributed by atoms with Crippen molar-refractivity contribution in [3.05, 3.63) is 42.2 Å². The average Bonchev–Trinajstić information content (AvgIpc) is 3.52. The molecule has 1 aliphatic heterocycles. The Bertz CT molecular complexity index is 1100. The lowest BCUT2D eigenvalue weighted by atomic mass is 10.0. The zero-order valence-electron chi connectivity index (χ0n) is 18.5. The monoisotopic (exact) mass is 432 g/mol. The standard InChI is InChI=1S/C24H28N6O2/c1-15-26-21(12-24(27-15)32-2)17-5-6-19(22(31)11-17)20-7-8-23(29-28-20)30-10-9-18(14-30)25-13-16-3-4-16/h5-8,11-12,16,18,25,31H,3-4,9-10,13-14H2,1-2H3. The number of phenolic OH excluding ortho intramolecular Hbond substituents is 1. The van der Waals surface area contributed by atoms with Gasteiger partial charge in [0.05, 0.1) is 18.5 Å². The highest BCUT2D eigenvalue weighted by Crippen LogP contribution is 2.33. The van der Waals surface area contributed by atoms with Gasteiger partial charge in [0, 0.05) is 36.3 Å². The highest BCUT2D eigenvalue weighted by atomic mass is 16.5. The number of anilines is 1. The molecule has 5 rings (SSSR count). The molecular formula is C24H28N6O2. The number of nitrogens with zero attached hydrogens (tertiary/aromatic N) is 5. The van der Waals surface area contributed by atoms with Gasteiger partial charge in [0.25, 0.3) is 0 Å². The van der Waals surface area contributed by atoms with Gasteiger partial charge in [0.2, 0.25) is 5.88 Å². The summed E-state index contributed by atoms with van der Waals surface area (Å²) in [5, 5.41) is 23.2. The van der Waals surface area contributed by atoms with Crippen molar-refractivity contribution in [1.82, 2.24) is 25.5 Å². The summed E-state index contributed by atoms with van der Waals surface area (Å²) in [4.78, 5) is 10.9. The van der Waals surface area contributed by atoms with Crippen molar-refractivity contribution in [3.63, 3.8) is 0 Å². The maximum Gasteiger partial charge on any atom is 0.216 e. The summed E-state index contributed by atoms with van der Waals surface area (Å²) >= 11 is 0. The molecule has 1 saturated heterocycles. The molecule has 2 aromatic heterocycles. The van der Waals surface area contributed by atoms with Crippen molar-refractivity contribution in [3.8, 4) is 34.1 Å². The Kier molecular flexibility index (Phi) is 5.61. The van der Waals surface area contributed by atoms with Crippen LogP contribution in [0.5, 0.6) is 11.6 Å². The molecule has 166 valence electrons. The third-order valence-corrected chi connectivity index (χ3v) is 6.15. The SMILES string of the molecule is COc1cc(-c2ccc(-c3ccc(N4CCC(NCC5CC5)C4)nn3)c(O)c2)nc(C)n1. The van der Waals surface area contributed by atoms with Gasteiger partial charge in [-0.3, -0.25) is 0 Å². The fourth-order valence-electron chi connectivity index (χ4n) is 4.13. The van der Waals surface area contributed by atoms with E-state index in [1.54, 1.807) is 19.2 Å². The first-order valence-corrected chi connectivity index (χ1v) is 11.1. The quantitative estimate of drug-likeness (QED) is 0.588. The number of aromatic nitrogens is 4. The van der Waals surface area contributed by atoms with E-state index in [2.05, 4.69) is 30.4 Å². The van der Waals surface area contributed by atoms with Gasteiger partial charge in [-0.1, -0.05) is 6.07 Å². The first kappa shape index (κ1) is 20.6. The Hall–Kier alpha value is -3.26. The van der Waals surface area contributed by atoms with Crippen LogP contribution in [0.15, 0.2) is 36.4 Å². The molecule has 3 heterocycles. The smallest absolute Gasteiger partial charge is 0.216 e. The lowest BCUT2D eigenvalue weighted by molar-refractivity contribution is 0.396. The number of aryl methyl sites for hydroxylation is 1. The molecule has 0 spiro atoms. The number of nitrogens with one attached hydrogen (secondary N) is 1. The minimum Gasteiger partial charge on any atom is -0.507 e. The van der Waals surface area contributed by atoms with Gasteiger partial charge >= 0.3 is 0 Å². The molecule has 0 amide bonds. The van der Waals surface area contributed by atoms with E-state index in [0.29, 0.717) is 34.7 Å². The van der Waals surface area contributed by atoms with Gasteiger partial charge in [0.1, 0.15) is 11.6 Å². The first-order chi connectivity index (χ1) is 15.6. The number of ether oxygens (including phenoxy) is 1. The highest BCUT2D eigenvalue weighted by molar-refractivity contribution is 5.73. The lowest BCUT2D eigenvalue weighted by Gasteiger charge is -2.17. The van der Waals surface area contributed by atoms with Crippen molar-refractivity contribution in [1.29, 1.82) is 0 Å². The fourth-order valence-corrected chi connectivity index (χ4v) is 4.13. The van der Waals surface area contributed by atoms with Gasteiger partial charge in [-0.05, 0) is 62.9 Å². The summed E-state index contributed by atoms with van der Waals surface area (Å²) in [5.41, 5.74) is 2.74. The van der Waals surface area contributed by atoms with Gasteiger partial charge < -0.3 is 20.1 Å². The number of hydrogen-bond acceptors (Lipinski definition) is 8. The lowest BCUT2D eigenvalue weighted by Crippen LogP contribution is -2.34. The van der Waals surface area contributed by atoms with Crippen molar-refractivity contribution in [2.45, 2.75) is 32.2 Å². The Labute approximate surface area is 187 Å². The molecule has 2 fully saturated rings. The molecule has 0 radical (unpaired) electrons. The van der Waals surface area contributed by atoms with E-state index >= 15 is 0 Å². The summed E-state index contributed by atoms with van der Waals surface area (Å²) in [6, 6.07) is 11.6. The van der Waals surface area contributed by atoms with E-state index in [0.717, 1.165) is 43.4 Å². The van der Waals surface area contributed by atoms with Crippen molar-refractivity contribution in [2.75, 3.05) is 31.6 Å². The number of methoxy groups -OCH3 is 1. The minimum absolute atomic E-state index is 0.130. The second-order valence-electron chi connectivity index (χ2n) is 8.63. The predicted molar refractivity (Wildman–Crippen MR) is 123 cm³/mol. The molecule has 3 aromatic rings. The maximum atomic E-state index is 10.7. The molecule has 8 heteroatoms. The highest BCUT2D eigenvalue weighted by Gasteiger charge is 2.27. The van der Waals surface area contributed by atoms with E-state index in [4.69, 9.17) is 4.74 Å². The first-order valence-electron chi connectivity index (χ1n) is 11.1. The Balaban J connectivity index is 1.29. The number of phenols is 1. The second kappa shape index (κ2) is 8.70. The van der Waals surface area contributed by atoms with E-state index in [1.807, 2.05) is 31.2 Å². The maximum absolute atomic E-state index is 10.7. The second-order valence-corrected chi connectivity index (χ2v) is 8.63. The van der Waals surface area contributed by atoms with Crippen LogP contribution < -0.4 is 15.0 Å². The number of aromatic hydroxyl groups is 1. The topological polar surface area (TPSA) is 96.3 Å². The Morgan fingerprint density at radius 2 is 1.94 bits per heavy atom. The van der Waals surface area contributed by atoms with Crippen LogP contribution in [-0.2, 0) is 0 Å². The third-order valence-electron chi connectivity index (χ3n) is 6.15. The van der Waals surface area contributed by atoms with E-state index in [9.17, 15) is 5.11 Å². The largest absolute Gasteiger partial charge is 0.507 e. The summed E-state index contributed by atoms with van der Waals surface area (Å²) in [6.07, 6.45) is 3.87. The van der Waals surface area contributed by atoms with E-state index in [1.165, 1.54) is 12.8 Å². The van der Waals surface area contributed by atoms with Crippen LogP contribution in [0.2, 0.25) is 0 Å². The van der Waals surface area contributed by atoms with Gasteiger partial charge in [-0.25, -0.2) is 4.98 Å². The number of hydrogen-bond donors (Lipinski definition) is 2. The zero-order valence-corrected chi connectivity index (χ0v) is 18.5. The summed E-state index contributed by atoms with van der Waals surface area (Å²) in [7, 11) is 1.57. The van der Waals surface area contributed by atoms with Gasteiger partial charge in [-0.15, -0.1) is 10.2 Å². The van der Waals surface area contributed by atoms with Gasteiger partial charge in [0.15, 0.2) is 5.82 Å². The zero-order chi connectivity index (χ0) is 22.1. The third kappa shape index (κ3) is 4.50. The summed E-state index contributed by atoms with van der Waals surface area (Å²) in [5.74, 6) is 3.00. The van der Waals surface area contributed by atoms with Crippen molar-refractivity contribution < 1.29 is 9.84 Å². The van der Waals surface area contributed by atoms with Crippen LogP contribution >= 0.6 is 0 Å². The molecule has 8 nitrogen and oxygen atoms in total. The summed E-state index contributed by atoms with van der Waals surface area (Å²) in [6.45, 7) is 4.89. The summed E-state index contributed by atoms with van der Waals surface area (Å²) < 4.78 is 5.23. The predicted octanol–water partition coefficient (Wildman–Crippen LogP) is 3.20. The Morgan fingerprint density at radius 1 is 1.06 bits per heavy atom. The van der Waals surface area contributed by atoms with Crippen LogP contribution in [0.3, 0.4) is 0 Å². The molecule has 1 aromatic carbocycles. The van der Waals surface area contributed by atoms with Gasteiger partial charge in [-0.2, -0.15) is 4.98 Å². The number of rotatable bonds is 7. The van der Waals surface area contributed by atoms with Crippen molar-refractivity contribution in [2.24, 2.45) is 5.92 Å². The molecule has 1 atom stereocenters. The Morgan fingerprint density at radius 3 is 2.66 bits per heavy atom. The normalized spacial score (nSPS) is 18.2. The molecule has 1 saturated carbocycles. The average molecular weight is 433 g/mol. The van der Waals surface area contributed by atoms with Crippen LogP contribution in [0, 0.1) is 12.8 Å². The molecular weight excluding hydrogens is 404 g/mol. The van der Waals surface area contributed by atoms with E-state index in [-0.39, 0.29) is 5.75 Å². The molecule has 2 N–H and O–H groups in total. The van der Waals surface area contributed by atoms with Crippen LogP contribution in [0.1, 0.15) is 25.1 Å². The van der Waals surface area contributed by atoms with Crippen LogP contribution in [0.25, 0.3) is 22.5 Å². The molecule has 0 bridgehead atoms. The number of benzene rings is 1.